The highest BCUT2D eigenvalue weighted by molar-refractivity contribution is 6.51. The van der Waals surface area contributed by atoms with Crippen molar-refractivity contribution in [1.82, 2.24) is 0 Å². The van der Waals surface area contributed by atoms with Gasteiger partial charge in [-0.1, -0.05) is 0 Å². The number of benzene rings is 1. The molecule has 0 aliphatic heterocycles. The molecular weight excluding hydrogens is 324 g/mol. The summed E-state index contributed by atoms with van der Waals surface area (Å²) in [5.74, 6) is 1.63. The number of fused-ring (bicyclic) bond motifs is 2. The second-order valence-electron chi connectivity index (χ2n) is 6.89. The van der Waals surface area contributed by atoms with Crippen LogP contribution in [0.4, 0.5) is 10.1 Å². The fourth-order valence-corrected chi connectivity index (χ4v) is 5.29. The summed E-state index contributed by atoms with van der Waals surface area (Å²) in [7, 11) is 0. The molecule has 2 nitrogen and oxygen atoms in total. The van der Waals surface area contributed by atoms with E-state index in [1.165, 1.54) is 12.1 Å². The molecule has 0 unspecified atom stereocenters. The van der Waals surface area contributed by atoms with E-state index in [9.17, 15) is 9.18 Å². The Morgan fingerprint density at radius 3 is 2.14 bits per heavy atom. The highest BCUT2D eigenvalue weighted by Gasteiger charge is 2.65. The van der Waals surface area contributed by atoms with Gasteiger partial charge in [-0.15, -0.1) is 23.2 Å². The van der Waals surface area contributed by atoms with Crippen LogP contribution in [0, 0.1) is 35.4 Å². The average Bonchev–Trinajstić information content (AvgIpc) is 3.26. The molecule has 0 radical (unpaired) electrons. The van der Waals surface area contributed by atoms with Gasteiger partial charge in [-0.05, 0) is 73.6 Å². The van der Waals surface area contributed by atoms with Gasteiger partial charge in [0.05, 0.1) is 0 Å². The molecule has 5 heteroatoms. The van der Waals surface area contributed by atoms with Crippen LogP contribution >= 0.6 is 23.2 Å². The first kappa shape index (κ1) is 14.8. The second kappa shape index (κ2) is 5.10. The van der Waals surface area contributed by atoms with Gasteiger partial charge in [0.15, 0.2) is 0 Å². The summed E-state index contributed by atoms with van der Waals surface area (Å²) in [5.41, 5.74) is 0.661. The van der Waals surface area contributed by atoms with Crippen LogP contribution in [-0.4, -0.2) is 10.2 Å². The Morgan fingerprint density at radius 2 is 1.59 bits per heavy atom. The molecule has 1 aromatic carbocycles. The zero-order valence-corrected chi connectivity index (χ0v) is 13.6. The van der Waals surface area contributed by atoms with Gasteiger partial charge in [0.25, 0.3) is 0 Å². The largest absolute Gasteiger partial charge is 0.326 e. The van der Waals surface area contributed by atoms with Gasteiger partial charge in [0.2, 0.25) is 5.91 Å². The van der Waals surface area contributed by atoms with E-state index >= 15 is 0 Å². The van der Waals surface area contributed by atoms with Crippen LogP contribution in [0.25, 0.3) is 0 Å². The minimum Gasteiger partial charge on any atom is -0.326 e. The predicted octanol–water partition coefficient (Wildman–Crippen LogP) is 4.62. The summed E-state index contributed by atoms with van der Waals surface area (Å²) in [6.45, 7) is 0. The number of hydrogen-bond donors (Lipinski definition) is 1. The summed E-state index contributed by atoms with van der Waals surface area (Å²) < 4.78 is 12.4. The highest BCUT2D eigenvalue weighted by Crippen LogP contribution is 2.67. The van der Waals surface area contributed by atoms with Crippen LogP contribution in [0.5, 0.6) is 0 Å². The lowest BCUT2D eigenvalue weighted by atomic mass is 10.0. The number of hydrogen-bond acceptors (Lipinski definition) is 1. The van der Waals surface area contributed by atoms with Crippen molar-refractivity contribution in [3.63, 3.8) is 0 Å². The Balaban J connectivity index is 1.37. The Morgan fingerprint density at radius 1 is 1.05 bits per heavy atom. The van der Waals surface area contributed by atoms with Gasteiger partial charge in [0.1, 0.15) is 10.2 Å². The molecule has 0 spiro atoms. The van der Waals surface area contributed by atoms with E-state index in [-0.39, 0.29) is 17.6 Å². The number of anilines is 1. The Labute approximate surface area is 139 Å². The molecule has 3 fully saturated rings. The summed E-state index contributed by atoms with van der Waals surface area (Å²) in [5, 5.41) is 2.91. The van der Waals surface area contributed by atoms with E-state index < -0.39 is 4.33 Å². The van der Waals surface area contributed by atoms with Crippen molar-refractivity contribution in [3.05, 3.63) is 30.1 Å². The van der Waals surface area contributed by atoms with E-state index in [4.69, 9.17) is 23.2 Å². The molecule has 0 saturated heterocycles. The van der Waals surface area contributed by atoms with Crippen LogP contribution in [0.3, 0.4) is 0 Å². The monoisotopic (exact) mass is 341 g/mol. The fraction of sp³-hybridized carbons (Fsp3) is 0.588. The maximum absolute atomic E-state index is 12.9. The summed E-state index contributed by atoms with van der Waals surface area (Å²) >= 11 is 12.6. The van der Waals surface area contributed by atoms with Crippen molar-refractivity contribution >= 4 is 34.8 Å². The third-order valence-electron chi connectivity index (χ3n) is 5.73. The number of carbonyl (C=O) groups excluding carboxylic acids is 1. The van der Waals surface area contributed by atoms with Crippen molar-refractivity contribution in [2.45, 2.75) is 30.0 Å². The van der Waals surface area contributed by atoms with Gasteiger partial charge >= 0.3 is 0 Å². The molecule has 3 saturated carbocycles. The number of rotatable bonds is 2. The maximum atomic E-state index is 12.9. The molecule has 0 bridgehead atoms. The zero-order valence-electron chi connectivity index (χ0n) is 12.1. The van der Waals surface area contributed by atoms with Gasteiger partial charge in [-0.25, -0.2) is 4.39 Å². The highest BCUT2D eigenvalue weighted by atomic mass is 35.5. The molecule has 1 amide bonds. The molecule has 22 heavy (non-hydrogen) atoms. The van der Waals surface area contributed by atoms with E-state index in [0.29, 0.717) is 29.4 Å². The standard InChI is InChI=1S/C17H18Cl2FNO/c18-17(19)13-7-5-11-12(6-8-14(13)17)15(11)16(22)21-10-3-1-9(20)2-4-10/h1-4,11-15H,5-8H2,(H,21,22)/t11-,12-,13-,14-/m1/s1. The Hall–Kier alpha value is -0.800. The summed E-state index contributed by atoms with van der Waals surface area (Å²) in [4.78, 5) is 12.4. The number of nitrogens with one attached hydrogen (secondary N) is 1. The number of carbonyl (C=O) groups is 1. The lowest BCUT2D eigenvalue weighted by molar-refractivity contribution is -0.117. The van der Waals surface area contributed by atoms with Crippen LogP contribution in [0.15, 0.2) is 24.3 Å². The molecule has 1 N–H and O–H groups in total. The summed E-state index contributed by atoms with van der Waals surface area (Å²) in [6, 6.07) is 5.92. The minimum absolute atomic E-state index is 0.0696. The molecule has 118 valence electrons. The quantitative estimate of drug-likeness (QED) is 0.781. The SMILES string of the molecule is O=C(Nc1ccc(F)cc1)C1[C@@H]2CC[C@@H]3[C@@H](CC[C@@H]12)C3(Cl)Cl. The molecule has 3 aliphatic rings. The van der Waals surface area contributed by atoms with Crippen molar-refractivity contribution in [3.8, 4) is 0 Å². The third-order valence-corrected chi connectivity index (χ3v) is 6.85. The number of halogens is 3. The topological polar surface area (TPSA) is 29.1 Å². The van der Waals surface area contributed by atoms with Gasteiger partial charge in [-0.2, -0.15) is 0 Å². The van der Waals surface area contributed by atoms with E-state index in [0.717, 1.165) is 25.7 Å². The van der Waals surface area contributed by atoms with Gasteiger partial charge < -0.3 is 5.32 Å². The number of amides is 1. The smallest absolute Gasteiger partial charge is 0.228 e. The lowest BCUT2D eigenvalue weighted by Crippen LogP contribution is -2.15. The zero-order chi connectivity index (χ0) is 15.5. The summed E-state index contributed by atoms with van der Waals surface area (Å²) in [6.07, 6.45) is 4.13. The van der Waals surface area contributed by atoms with Crippen molar-refractivity contribution in [1.29, 1.82) is 0 Å². The van der Waals surface area contributed by atoms with E-state index in [2.05, 4.69) is 5.32 Å². The first-order valence-electron chi connectivity index (χ1n) is 7.92. The van der Waals surface area contributed by atoms with Crippen molar-refractivity contribution in [2.24, 2.45) is 29.6 Å². The first-order chi connectivity index (χ1) is 10.5. The molecule has 4 rings (SSSR count). The van der Waals surface area contributed by atoms with Crippen molar-refractivity contribution in [2.75, 3.05) is 5.32 Å². The molecule has 3 aliphatic carbocycles. The molecule has 1 aromatic rings. The average molecular weight is 342 g/mol. The molecule has 0 aromatic heterocycles. The third kappa shape index (κ3) is 2.43. The molecule has 0 heterocycles. The minimum atomic E-state index is -0.511. The van der Waals surface area contributed by atoms with Gasteiger partial charge in [0, 0.05) is 11.6 Å². The van der Waals surface area contributed by atoms with Crippen LogP contribution < -0.4 is 5.32 Å². The van der Waals surface area contributed by atoms with E-state index in [1.807, 2.05) is 0 Å². The first-order valence-corrected chi connectivity index (χ1v) is 8.68. The fourth-order valence-electron chi connectivity index (χ4n) is 4.37. The Kier molecular flexibility index (Phi) is 3.43. The molecule has 4 atom stereocenters. The Bertz CT molecular complexity index is 581. The van der Waals surface area contributed by atoms with Crippen LogP contribution in [0.2, 0.25) is 0 Å². The second-order valence-corrected chi connectivity index (χ2v) is 8.34. The normalized spacial score (nSPS) is 38.0. The van der Waals surface area contributed by atoms with E-state index in [1.54, 1.807) is 12.1 Å². The van der Waals surface area contributed by atoms with Gasteiger partial charge in [-0.3, -0.25) is 4.79 Å². The number of alkyl halides is 2. The molecular formula is C17H18Cl2FNO. The predicted molar refractivity (Wildman–Crippen MR) is 85.4 cm³/mol. The van der Waals surface area contributed by atoms with Crippen molar-refractivity contribution < 1.29 is 9.18 Å². The van der Waals surface area contributed by atoms with Crippen LogP contribution in [-0.2, 0) is 4.79 Å². The maximum Gasteiger partial charge on any atom is 0.228 e. The van der Waals surface area contributed by atoms with Crippen LogP contribution in [0.1, 0.15) is 25.7 Å². The lowest BCUT2D eigenvalue weighted by Gasteiger charge is -2.05.